The molecule has 0 aliphatic carbocycles. The van der Waals surface area contributed by atoms with Gasteiger partial charge in [0.2, 0.25) is 5.91 Å². The number of rotatable bonds is 5. The van der Waals surface area contributed by atoms with Gasteiger partial charge in [0.1, 0.15) is 11.6 Å². The number of nitrogens with zero attached hydrogens (tertiary/aromatic N) is 2. The molecule has 0 spiro atoms. The van der Waals surface area contributed by atoms with Gasteiger partial charge in [-0.3, -0.25) is 9.48 Å². The third-order valence-corrected chi connectivity index (χ3v) is 3.69. The van der Waals surface area contributed by atoms with E-state index >= 15 is 0 Å². The summed E-state index contributed by atoms with van der Waals surface area (Å²) in [4.78, 5) is 23.9. The molecule has 2 N–H and O–H groups in total. The van der Waals surface area contributed by atoms with Crippen molar-refractivity contribution in [3.05, 3.63) is 12.4 Å². The van der Waals surface area contributed by atoms with E-state index in [-0.39, 0.29) is 12.0 Å². The van der Waals surface area contributed by atoms with Crippen molar-refractivity contribution in [2.24, 2.45) is 0 Å². The molecular weight excluding hydrogens is 324 g/mol. The first-order valence-electron chi connectivity index (χ1n) is 8.67. The van der Waals surface area contributed by atoms with Crippen molar-refractivity contribution in [3.8, 4) is 0 Å². The van der Waals surface area contributed by atoms with Gasteiger partial charge in [0.15, 0.2) is 0 Å². The van der Waals surface area contributed by atoms with E-state index in [2.05, 4.69) is 15.7 Å². The third kappa shape index (κ3) is 6.74. The molecule has 0 unspecified atom stereocenters. The van der Waals surface area contributed by atoms with Gasteiger partial charge in [-0.15, -0.1) is 0 Å². The third-order valence-electron chi connectivity index (χ3n) is 3.69. The SMILES string of the molecule is C[C@H](NC(=O)OC(C)(C)C)C(=O)Nc1cnn(C[C@@H]2CCCCO2)c1. The Morgan fingerprint density at radius 2 is 2.20 bits per heavy atom. The van der Waals surface area contributed by atoms with E-state index in [0.717, 1.165) is 19.4 Å². The molecule has 0 saturated carbocycles. The van der Waals surface area contributed by atoms with Crippen LogP contribution < -0.4 is 10.6 Å². The number of amides is 2. The van der Waals surface area contributed by atoms with E-state index in [1.807, 2.05) is 0 Å². The number of ether oxygens (including phenoxy) is 2. The molecule has 2 heterocycles. The number of anilines is 1. The van der Waals surface area contributed by atoms with Crippen molar-refractivity contribution < 1.29 is 19.1 Å². The Labute approximate surface area is 148 Å². The van der Waals surface area contributed by atoms with Gasteiger partial charge in [0.05, 0.1) is 24.5 Å². The number of aromatic nitrogens is 2. The van der Waals surface area contributed by atoms with Crippen molar-refractivity contribution in [3.63, 3.8) is 0 Å². The van der Waals surface area contributed by atoms with E-state index < -0.39 is 17.7 Å². The van der Waals surface area contributed by atoms with E-state index in [9.17, 15) is 9.59 Å². The molecule has 1 aromatic heterocycles. The summed E-state index contributed by atoms with van der Waals surface area (Å²) in [6.07, 6.45) is 6.20. The molecule has 0 bridgehead atoms. The Morgan fingerprint density at radius 1 is 1.44 bits per heavy atom. The molecule has 2 atom stereocenters. The quantitative estimate of drug-likeness (QED) is 0.848. The minimum atomic E-state index is -0.722. The highest BCUT2D eigenvalue weighted by atomic mass is 16.6. The van der Waals surface area contributed by atoms with Crippen LogP contribution in [0, 0.1) is 0 Å². The van der Waals surface area contributed by atoms with Crippen molar-refractivity contribution >= 4 is 17.7 Å². The van der Waals surface area contributed by atoms with Crippen LogP contribution in [0.5, 0.6) is 0 Å². The predicted octanol–water partition coefficient (Wildman–Crippen LogP) is 2.30. The first kappa shape index (κ1) is 19.2. The summed E-state index contributed by atoms with van der Waals surface area (Å²) in [5.74, 6) is -0.334. The van der Waals surface area contributed by atoms with Crippen LogP contribution in [0.25, 0.3) is 0 Å². The summed E-state index contributed by atoms with van der Waals surface area (Å²) in [5.41, 5.74) is -0.0264. The molecule has 140 valence electrons. The van der Waals surface area contributed by atoms with Crippen LogP contribution in [0.15, 0.2) is 12.4 Å². The van der Waals surface area contributed by atoms with Crippen molar-refractivity contribution in [2.45, 2.75) is 71.2 Å². The molecule has 0 aromatic carbocycles. The van der Waals surface area contributed by atoms with E-state index in [1.165, 1.54) is 6.42 Å². The molecule has 8 nitrogen and oxygen atoms in total. The van der Waals surface area contributed by atoms with Crippen LogP contribution in [-0.4, -0.2) is 46.1 Å². The standard InChI is InChI=1S/C17H28N4O4/c1-12(19-16(23)25-17(2,3)4)15(22)20-13-9-18-21(10-13)11-14-7-5-6-8-24-14/h9-10,12,14H,5-8,11H2,1-4H3,(H,19,23)(H,20,22)/t12-,14-/m0/s1. The first-order chi connectivity index (χ1) is 11.7. The maximum absolute atomic E-state index is 12.2. The fraction of sp³-hybridized carbons (Fsp3) is 0.706. The Balaban J connectivity index is 1.80. The summed E-state index contributed by atoms with van der Waals surface area (Å²) < 4.78 is 12.6. The minimum Gasteiger partial charge on any atom is -0.444 e. The fourth-order valence-electron chi connectivity index (χ4n) is 2.49. The molecule has 1 aliphatic heterocycles. The zero-order chi connectivity index (χ0) is 18.4. The highest BCUT2D eigenvalue weighted by Gasteiger charge is 2.21. The Morgan fingerprint density at radius 3 is 2.84 bits per heavy atom. The normalized spacial score (nSPS) is 19.1. The smallest absolute Gasteiger partial charge is 0.408 e. The molecule has 8 heteroatoms. The van der Waals surface area contributed by atoms with Crippen LogP contribution in [0.2, 0.25) is 0 Å². The number of nitrogens with one attached hydrogen (secondary N) is 2. The maximum Gasteiger partial charge on any atom is 0.408 e. The van der Waals surface area contributed by atoms with Crippen LogP contribution >= 0.6 is 0 Å². The van der Waals surface area contributed by atoms with Gasteiger partial charge in [-0.05, 0) is 47.0 Å². The Bertz CT molecular complexity index is 588. The van der Waals surface area contributed by atoms with E-state index in [4.69, 9.17) is 9.47 Å². The van der Waals surface area contributed by atoms with Crippen LogP contribution in [0.3, 0.4) is 0 Å². The Hall–Kier alpha value is -2.09. The monoisotopic (exact) mass is 352 g/mol. The van der Waals surface area contributed by atoms with Gasteiger partial charge in [0, 0.05) is 12.8 Å². The molecule has 1 aromatic rings. The molecule has 1 fully saturated rings. The highest BCUT2D eigenvalue weighted by Crippen LogP contribution is 2.15. The number of carbonyl (C=O) groups excluding carboxylic acids is 2. The minimum absolute atomic E-state index is 0.171. The van der Waals surface area contributed by atoms with Gasteiger partial charge in [0.25, 0.3) is 0 Å². The van der Waals surface area contributed by atoms with Gasteiger partial charge in [-0.1, -0.05) is 0 Å². The van der Waals surface area contributed by atoms with Crippen LogP contribution in [-0.2, 0) is 20.8 Å². The summed E-state index contributed by atoms with van der Waals surface area (Å²) in [6, 6.07) is -0.722. The second-order valence-corrected chi connectivity index (χ2v) is 7.30. The lowest BCUT2D eigenvalue weighted by Crippen LogP contribution is -2.43. The van der Waals surface area contributed by atoms with Gasteiger partial charge < -0.3 is 20.1 Å². The summed E-state index contributed by atoms with van der Waals surface area (Å²) in [5, 5.41) is 9.48. The van der Waals surface area contributed by atoms with Gasteiger partial charge in [-0.25, -0.2) is 4.79 Å². The largest absolute Gasteiger partial charge is 0.444 e. The average molecular weight is 352 g/mol. The van der Waals surface area contributed by atoms with E-state index in [0.29, 0.717) is 12.2 Å². The van der Waals surface area contributed by atoms with Crippen molar-refractivity contribution in [1.82, 2.24) is 15.1 Å². The molecule has 1 aliphatic rings. The summed E-state index contributed by atoms with van der Waals surface area (Å²) >= 11 is 0. The maximum atomic E-state index is 12.2. The lowest BCUT2D eigenvalue weighted by Gasteiger charge is -2.22. The molecule has 0 radical (unpaired) electrons. The van der Waals surface area contributed by atoms with Crippen molar-refractivity contribution in [1.29, 1.82) is 0 Å². The molecule has 25 heavy (non-hydrogen) atoms. The van der Waals surface area contributed by atoms with Crippen LogP contribution in [0.4, 0.5) is 10.5 Å². The van der Waals surface area contributed by atoms with Gasteiger partial charge >= 0.3 is 6.09 Å². The summed E-state index contributed by atoms with van der Waals surface area (Å²) in [6.45, 7) is 8.36. The van der Waals surface area contributed by atoms with Crippen LogP contribution in [0.1, 0.15) is 47.0 Å². The topological polar surface area (TPSA) is 94.5 Å². The lowest BCUT2D eigenvalue weighted by atomic mass is 10.1. The second kappa shape index (κ2) is 8.33. The highest BCUT2D eigenvalue weighted by molar-refractivity contribution is 5.96. The van der Waals surface area contributed by atoms with E-state index in [1.54, 1.807) is 44.8 Å². The molecular formula is C17H28N4O4. The predicted molar refractivity (Wildman–Crippen MR) is 93.3 cm³/mol. The first-order valence-corrected chi connectivity index (χ1v) is 8.67. The number of hydrogen-bond acceptors (Lipinski definition) is 5. The second-order valence-electron chi connectivity index (χ2n) is 7.30. The fourth-order valence-corrected chi connectivity index (χ4v) is 2.49. The zero-order valence-corrected chi connectivity index (χ0v) is 15.4. The number of alkyl carbamates (subject to hydrolysis) is 1. The average Bonchev–Trinajstić information content (AvgIpc) is 2.93. The Kier molecular flexibility index (Phi) is 6.41. The summed E-state index contributed by atoms with van der Waals surface area (Å²) in [7, 11) is 0. The number of carbonyl (C=O) groups is 2. The molecule has 2 rings (SSSR count). The molecule has 1 saturated heterocycles. The lowest BCUT2D eigenvalue weighted by molar-refractivity contribution is -0.117. The molecule has 2 amide bonds. The number of hydrogen-bond donors (Lipinski definition) is 2. The van der Waals surface area contributed by atoms with Gasteiger partial charge in [-0.2, -0.15) is 5.10 Å². The van der Waals surface area contributed by atoms with Crippen molar-refractivity contribution in [2.75, 3.05) is 11.9 Å². The zero-order valence-electron chi connectivity index (χ0n) is 15.4.